The zero-order chi connectivity index (χ0) is 40.2. The van der Waals surface area contributed by atoms with Gasteiger partial charge < -0.3 is 30.9 Å². The van der Waals surface area contributed by atoms with E-state index in [0.29, 0.717) is 12.8 Å². The van der Waals surface area contributed by atoms with Crippen molar-refractivity contribution < 1.29 is 46.7 Å². The van der Waals surface area contributed by atoms with Gasteiger partial charge >= 0.3 is 18.2 Å². The summed E-state index contributed by atoms with van der Waals surface area (Å²) in [7, 11) is 0. The van der Waals surface area contributed by atoms with Crippen LogP contribution >= 0.6 is 0 Å². The highest BCUT2D eigenvalue weighted by atomic mass is 19.4. The molecular formula is C37H62F3N5O7. The van der Waals surface area contributed by atoms with Crippen LogP contribution in [0.25, 0.3) is 0 Å². The third-order valence-corrected chi connectivity index (χ3v) is 8.82. The van der Waals surface area contributed by atoms with E-state index in [4.69, 9.17) is 4.74 Å². The van der Waals surface area contributed by atoms with Crippen LogP contribution in [0.5, 0.6) is 0 Å². The normalized spacial score (nSPS) is 18.3. The second-order valence-corrected chi connectivity index (χ2v) is 16.3. The molecule has 1 fully saturated rings. The van der Waals surface area contributed by atoms with E-state index in [-0.39, 0.29) is 56.5 Å². The molecule has 1 unspecified atom stereocenters. The average Bonchev–Trinajstić information content (AvgIpc) is 3.45. The first kappa shape index (κ1) is 46.4. The van der Waals surface area contributed by atoms with Gasteiger partial charge in [-0.2, -0.15) is 13.2 Å². The maximum Gasteiger partial charge on any atom is 0.389 e. The van der Waals surface area contributed by atoms with E-state index in [1.54, 1.807) is 55.4 Å². The summed E-state index contributed by atoms with van der Waals surface area (Å²) >= 11 is 0. The molecule has 0 bridgehead atoms. The zero-order valence-electron chi connectivity index (χ0n) is 32.6. The Morgan fingerprint density at radius 2 is 1.48 bits per heavy atom. The molecule has 1 heterocycles. The third-order valence-electron chi connectivity index (χ3n) is 8.82. The summed E-state index contributed by atoms with van der Waals surface area (Å²) in [6.45, 7) is 21.4. The second kappa shape index (κ2) is 20.0. The number of hydrogen-bond acceptors (Lipinski definition) is 7. The van der Waals surface area contributed by atoms with Crippen molar-refractivity contribution in [3.05, 3.63) is 12.7 Å². The first-order chi connectivity index (χ1) is 23.8. The number of likely N-dealkylation sites (tertiary alicyclic amines) is 1. The van der Waals surface area contributed by atoms with Crippen LogP contribution in [0, 0.1) is 23.2 Å². The van der Waals surface area contributed by atoms with Crippen LogP contribution in [0.4, 0.5) is 18.0 Å². The number of nitrogens with one attached hydrogen (secondary N) is 4. The molecule has 0 aromatic heterocycles. The second-order valence-electron chi connectivity index (χ2n) is 16.3. The number of ketones is 1. The molecule has 1 aliphatic heterocycles. The number of carbonyl (C=O) groups excluding carboxylic acids is 6. The Morgan fingerprint density at radius 1 is 0.885 bits per heavy atom. The molecule has 4 N–H and O–H groups in total. The first-order valence-corrected chi connectivity index (χ1v) is 18.2. The number of amides is 5. The highest BCUT2D eigenvalue weighted by Crippen LogP contribution is 2.33. The minimum Gasteiger partial charge on any atom is -0.458 e. The number of ether oxygens (including phenoxy) is 1. The summed E-state index contributed by atoms with van der Waals surface area (Å²) in [6, 6.07) is -5.25. The lowest BCUT2D eigenvalue weighted by atomic mass is 9.84. The van der Waals surface area contributed by atoms with Gasteiger partial charge in [0.05, 0.1) is 6.04 Å². The van der Waals surface area contributed by atoms with Gasteiger partial charge in [-0.15, -0.1) is 6.58 Å². The van der Waals surface area contributed by atoms with Crippen molar-refractivity contribution in [2.45, 2.75) is 150 Å². The van der Waals surface area contributed by atoms with Crippen molar-refractivity contribution in [1.29, 1.82) is 0 Å². The lowest BCUT2D eigenvalue weighted by Gasteiger charge is -2.37. The Hall–Kier alpha value is -3.65. The lowest BCUT2D eigenvalue weighted by molar-refractivity contribution is -0.158. The van der Waals surface area contributed by atoms with E-state index in [0.717, 1.165) is 0 Å². The molecule has 0 aliphatic carbocycles. The molecular weight excluding hydrogens is 683 g/mol. The number of hydrogen-bond donors (Lipinski definition) is 4. The highest BCUT2D eigenvalue weighted by molar-refractivity contribution is 6.38. The number of Topliss-reactive ketones (excluding diaryl/α,β-unsaturated/α-hetero) is 1. The predicted octanol–water partition coefficient (Wildman–Crippen LogP) is 5.20. The predicted molar refractivity (Wildman–Crippen MR) is 192 cm³/mol. The molecule has 1 aliphatic rings. The minimum atomic E-state index is -4.27. The number of esters is 1. The summed E-state index contributed by atoms with van der Waals surface area (Å²) in [4.78, 5) is 81.9. The number of urea groups is 1. The highest BCUT2D eigenvalue weighted by Gasteiger charge is 2.48. The van der Waals surface area contributed by atoms with Gasteiger partial charge in [-0.05, 0) is 63.2 Å². The Labute approximate surface area is 307 Å². The molecule has 0 radical (unpaired) electrons. The monoisotopic (exact) mass is 745 g/mol. The number of nitrogens with zero attached hydrogens (tertiary/aromatic N) is 1. The first-order valence-electron chi connectivity index (χ1n) is 18.2. The van der Waals surface area contributed by atoms with E-state index in [9.17, 15) is 41.9 Å². The van der Waals surface area contributed by atoms with E-state index in [2.05, 4.69) is 27.8 Å². The molecule has 0 saturated carbocycles. The van der Waals surface area contributed by atoms with Crippen LogP contribution in [0.3, 0.4) is 0 Å². The van der Waals surface area contributed by atoms with Crippen molar-refractivity contribution in [3.8, 4) is 0 Å². The molecule has 52 heavy (non-hydrogen) atoms. The lowest BCUT2D eigenvalue weighted by Crippen LogP contribution is -2.62. The summed E-state index contributed by atoms with van der Waals surface area (Å²) in [5.41, 5.74) is -1.64. The Morgan fingerprint density at radius 3 is 1.98 bits per heavy atom. The standard InChI is InChI=1S/C37H62F3N5O7/c1-12-20-41-31(48)28(46)25(17-15-13-14-16-19-37(38,39)40)42-30(47)27-24(22(2)3)18-21-45(27)32(49)29(35(6,7)8)44-34(51)43-26(23(4)5)33(50)52-36(9,10)11/h12,22-27,29H,1,13-21H2,2-11H3,(H,41,48)(H,42,47)(H2,43,44,51)/t24-,25?,26+,27+,29-/m1/s1. The van der Waals surface area contributed by atoms with Crippen LogP contribution in [-0.4, -0.2) is 89.4 Å². The summed E-state index contributed by atoms with van der Waals surface area (Å²) in [5, 5.41) is 10.5. The minimum absolute atomic E-state index is 0.00607. The number of alkyl halides is 3. The van der Waals surface area contributed by atoms with Crippen molar-refractivity contribution in [3.63, 3.8) is 0 Å². The van der Waals surface area contributed by atoms with Gasteiger partial charge in [0.15, 0.2) is 0 Å². The molecule has 5 atom stereocenters. The van der Waals surface area contributed by atoms with E-state index < -0.39 is 83.3 Å². The topological polar surface area (TPSA) is 163 Å². The Kier molecular flexibility index (Phi) is 17.8. The Balaban J connectivity index is 3.32. The van der Waals surface area contributed by atoms with Gasteiger partial charge in [0.2, 0.25) is 17.6 Å². The van der Waals surface area contributed by atoms with Gasteiger partial charge in [0.25, 0.3) is 5.91 Å². The van der Waals surface area contributed by atoms with Crippen molar-refractivity contribution in [2.24, 2.45) is 23.2 Å². The van der Waals surface area contributed by atoms with Crippen molar-refractivity contribution in [1.82, 2.24) is 26.2 Å². The van der Waals surface area contributed by atoms with Gasteiger partial charge in [-0.1, -0.05) is 73.8 Å². The van der Waals surface area contributed by atoms with E-state index in [1.165, 1.54) is 11.0 Å². The molecule has 0 aromatic rings. The maximum atomic E-state index is 14.3. The smallest absolute Gasteiger partial charge is 0.389 e. The van der Waals surface area contributed by atoms with Crippen molar-refractivity contribution >= 4 is 35.5 Å². The van der Waals surface area contributed by atoms with E-state index >= 15 is 0 Å². The summed E-state index contributed by atoms with van der Waals surface area (Å²) in [6.07, 6.45) is -2.56. The number of rotatable bonds is 18. The number of carbonyl (C=O) groups is 6. The summed E-state index contributed by atoms with van der Waals surface area (Å²) < 4.78 is 43.2. The van der Waals surface area contributed by atoms with E-state index in [1.807, 2.05) is 13.8 Å². The molecule has 1 rings (SSSR count). The fourth-order valence-electron chi connectivity index (χ4n) is 6.05. The van der Waals surface area contributed by atoms with Crippen LogP contribution in [0.1, 0.15) is 114 Å². The maximum absolute atomic E-state index is 14.3. The molecule has 15 heteroatoms. The van der Waals surface area contributed by atoms with Crippen LogP contribution in [-0.2, 0) is 28.7 Å². The van der Waals surface area contributed by atoms with Crippen molar-refractivity contribution in [2.75, 3.05) is 13.1 Å². The van der Waals surface area contributed by atoms with Crippen LogP contribution in [0.15, 0.2) is 12.7 Å². The zero-order valence-corrected chi connectivity index (χ0v) is 32.6. The SMILES string of the molecule is C=CCNC(=O)C(=O)C(CCCCCCC(F)(F)F)NC(=O)[C@@H]1[C@@H](C(C)C)CCN1C(=O)[C@@H](NC(=O)N[C@H](C(=O)OC(C)(C)C)C(C)C)C(C)(C)C. The molecule has 1 saturated heterocycles. The quantitative estimate of drug-likeness (QED) is 0.0649. The average molecular weight is 746 g/mol. The molecule has 0 spiro atoms. The Bertz CT molecular complexity index is 1260. The number of unbranched alkanes of at least 4 members (excludes halogenated alkanes) is 3. The van der Waals surface area contributed by atoms with Crippen LogP contribution < -0.4 is 21.3 Å². The van der Waals surface area contributed by atoms with Crippen LogP contribution in [0.2, 0.25) is 0 Å². The van der Waals surface area contributed by atoms with Gasteiger partial charge in [-0.25, -0.2) is 9.59 Å². The molecule has 0 aromatic carbocycles. The number of halogens is 3. The molecule has 5 amide bonds. The largest absolute Gasteiger partial charge is 0.458 e. The fraction of sp³-hybridized carbons (Fsp3) is 0.784. The molecule has 12 nitrogen and oxygen atoms in total. The fourth-order valence-corrected chi connectivity index (χ4v) is 6.05. The van der Waals surface area contributed by atoms with Gasteiger partial charge in [0.1, 0.15) is 23.7 Å². The molecule has 298 valence electrons. The van der Waals surface area contributed by atoms with Gasteiger partial charge in [0, 0.05) is 19.5 Å². The van der Waals surface area contributed by atoms with Gasteiger partial charge in [-0.3, -0.25) is 19.2 Å². The third kappa shape index (κ3) is 15.5. The summed E-state index contributed by atoms with van der Waals surface area (Å²) in [5.74, 6) is -4.43.